The largest absolute Gasteiger partial charge is 0.497 e. The van der Waals surface area contributed by atoms with E-state index in [1.165, 1.54) is 42.5 Å². The van der Waals surface area contributed by atoms with Crippen molar-refractivity contribution < 1.29 is 22.3 Å². The summed E-state index contributed by atoms with van der Waals surface area (Å²) in [4.78, 5) is 17.0. The van der Waals surface area contributed by atoms with Gasteiger partial charge in [-0.15, -0.1) is 0 Å². The lowest BCUT2D eigenvalue weighted by Gasteiger charge is -2.37. The third-order valence-electron chi connectivity index (χ3n) is 6.23. The van der Waals surface area contributed by atoms with E-state index in [1.54, 1.807) is 12.0 Å². The van der Waals surface area contributed by atoms with Crippen LogP contribution in [-0.2, 0) is 21.4 Å². The quantitative estimate of drug-likeness (QED) is 0.396. The van der Waals surface area contributed by atoms with Crippen molar-refractivity contribution in [2.45, 2.75) is 11.4 Å². The third-order valence-corrected chi connectivity index (χ3v) is 8.64. The molecule has 1 saturated heterocycles. The number of methoxy groups -OCH3 is 1. The van der Waals surface area contributed by atoms with Crippen molar-refractivity contribution in [2.24, 2.45) is 0 Å². The van der Waals surface area contributed by atoms with Crippen LogP contribution in [0, 0.1) is 5.82 Å². The lowest BCUT2D eigenvalue weighted by Crippen LogP contribution is -2.51. The second-order valence-corrected chi connectivity index (χ2v) is 11.3. The fourth-order valence-electron chi connectivity index (χ4n) is 4.10. The Morgan fingerprint density at radius 2 is 1.62 bits per heavy atom. The third kappa shape index (κ3) is 6.35. The average Bonchev–Trinajstić information content (AvgIpc) is 2.90. The van der Waals surface area contributed by atoms with E-state index in [-0.39, 0.29) is 21.4 Å². The second kappa shape index (κ2) is 11.7. The van der Waals surface area contributed by atoms with E-state index >= 15 is 0 Å². The van der Waals surface area contributed by atoms with Crippen molar-refractivity contribution in [3.8, 4) is 5.75 Å². The van der Waals surface area contributed by atoms with Gasteiger partial charge in [-0.1, -0.05) is 29.3 Å². The summed E-state index contributed by atoms with van der Waals surface area (Å²) >= 11 is 12.1. The Morgan fingerprint density at radius 1 is 0.973 bits per heavy atom. The highest BCUT2D eigenvalue weighted by Gasteiger charge is 2.31. The van der Waals surface area contributed by atoms with E-state index in [0.717, 1.165) is 15.7 Å². The summed E-state index contributed by atoms with van der Waals surface area (Å²) in [5, 5.41) is 0.449. The minimum atomic E-state index is -4.16. The number of halogens is 3. The van der Waals surface area contributed by atoms with Gasteiger partial charge in [-0.3, -0.25) is 4.79 Å². The molecule has 7 nitrogen and oxygen atoms in total. The molecule has 1 heterocycles. The molecule has 0 bridgehead atoms. The molecular formula is C26H26Cl2FN3O4S. The average molecular weight is 566 g/mol. The molecule has 0 atom stereocenters. The van der Waals surface area contributed by atoms with Crippen molar-refractivity contribution in [1.82, 2.24) is 9.21 Å². The van der Waals surface area contributed by atoms with Crippen LogP contribution < -0.4 is 9.64 Å². The summed E-state index contributed by atoms with van der Waals surface area (Å²) in [6.07, 6.45) is 0. The molecule has 0 N–H and O–H groups in total. The number of benzene rings is 3. The normalized spacial score (nSPS) is 14.2. The van der Waals surface area contributed by atoms with Crippen LogP contribution in [0.4, 0.5) is 10.1 Å². The van der Waals surface area contributed by atoms with Crippen molar-refractivity contribution in [3.05, 3.63) is 88.2 Å². The van der Waals surface area contributed by atoms with Gasteiger partial charge in [-0.05, 0) is 60.7 Å². The maximum absolute atomic E-state index is 14.6. The number of sulfonamides is 1. The Balaban J connectivity index is 1.51. The Kier molecular flexibility index (Phi) is 8.59. The molecule has 1 amide bonds. The first-order valence-electron chi connectivity index (χ1n) is 11.5. The number of rotatable bonds is 8. The number of anilines is 1. The van der Waals surface area contributed by atoms with Gasteiger partial charge < -0.3 is 14.5 Å². The molecule has 1 fully saturated rings. The van der Waals surface area contributed by atoms with Gasteiger partial charge in [0.25, 0.3) is 0 Å². The van der Waals surface area contributed by atoms with Crippen molar-refractivity contribution >= 4 is 44.8 Å². The highest BCUT2D eigenvalue weighted by Crippen LogP contribution is 2.26. The van der Waals surface area contributed by atoms with Crippen LogP contribution in [0.5, 0.6) is 5.75 Å². The lowest BCUT2D eigenvalue weighted by atomic mass is 10.2. The first-order valence-corrected chi connectivity index (χ1v) is 13.7. The number of hydrogen-bond donors (Lipinski definition) is 0. The number of piperazine rings is 1. The molecule has 3 aromatic carbocycles. The number of amides is 1. The molecule has 37 heavy (non-hydrogen) atoms. The van der Waals surface area contributed by atoms with Gasteiger partial charge in [-0.25, -0.2) is 12.8 Å². The van der Waals surface area contributed by atoms with E-state index in [0.29, 0.717) is 31.2 Å². The molecule has 3 aromatic rings. The molecule has 0 aliphatic carbocycles. The smallest absolute Gasteiger partial charge is 0.243 e. The van der Waals surface area contributed by atoms with Crippen LogP contribution >= 0.6 is 23.2 Å². The van der Waals surface area contributed by atoms with Gasteiger partial charge in [-0.2, -0.15) is 4.31 Å². The van der Waals surface area contributed by atoms with E-state index in [4.69, 9.17) is 27.9 Å². The number of hydrogen-bond acceptors (Lipinski definition) is 5. The van der Waals surface area contributed by atoms with Gasteiger partial charge in [0, 0.05) is 54.0 Å². The Morgan fingerprint density at radius 3 is 2.22 bits per heavy atom. The minimum Gasteiger partial charge on any atom is -0.497 e. The Labute approximate surface area is 226 Å². The van der Waals surface area contributed by atoms with Gasteiger partial charge >= 0.3 is 0 Å². The van der Waals surface area contributed by atoms with Crippen molar-refractivity contribution in [3.63, 3.8) is 0 Å². The minimum absolute atomic E-state index is 0.00108. The zero-order valence-electron chi connectivity index (χ0n) is 20.1. The maximum Gasteiger partial charge on any atom is 0.243 e. The van der Waals surface area contributed by atoms with Crippen LogP contribution in [0.3, 0.4) is 0 Å². The molecule has 4 rings (SSSR count). The zero-order valence-corrected chi connectivity index (χ0v) is 22.4. The van der Waals surface area contributed by atoms with Gasteiger partial charge in [0.05, 0.1) is 18.6 Å². The zero-order chi connectivity index (χ0) is 26.6. The van der Waals surface area contributed by atoms with Crippen LogP contribution in [0.1, 0.15) is 5.56 Å². The molecule has 0 radical (unpaired) electrons. The summed E-state index contributed by atoms with van der Waals surface area (Å²) in [6, 6.07) is 17.4. The van der Waals surface area contributed by atoms with Crippen LogP contribution in [0.2, 0.25) is 10.0 Å². The van der Waals surface area contributed by atoms with E-state index in [9.17, 15) is 17.6 Å². The number of ether oxygens (including phenoxy) is 1. The standard InChI is InChI=1S/C26H26Cl2FN3O4S/c1-36-21-9-7-20(8-10-21)30-13-15-31(16-14-30)26(33)18-32(17-23-24(28)3-2-4-25(23)29)37(34,35)22-11-5-19(27)6-12-22/h2-12H,13-18H2,1H3. The van der Waals surface area contributed by atoms with Crippen LogP contribution in [0.25, 0.3) is 0 Å². The van der Waals surface area contributed by atoms with E-state index in [2.05, 4.69) is 4.90 Å². The molecule has 1 aliphatic heterocycles. The highest BCUT2D eigenvalue weighted by molar-refractivity contribution is 7.89. The fraction of sp³-hybridized carbons (Fsp3) is 0.269. The predicted molar refractivity (Wildman–Crippen MR) is 142 cm³/mol. The SMILES string of the molecule is COc1ccc(N2CCN(C(=O)CN(Cc3c(F)cccc3Cl)S(=O)(=O)c3ccc(Cl)cc3)CC2)cc1. The number of carbonyl (C=O) groups excluding carboxylic acids is 1. The molecule has 11 heteroatoms. The summed E-state index contributed by atoms with van der Waals surface area (Å²) in [7, 11) is -2.56. The summed E-state index contributed by atoms with van der Waals surface area (Å²) < 4.78 is 47.7. The van der Waals surface area contributed by atoms with Crippen LogP contribution in [-0.4, -0.2) is 63.4 Å². The van der Waals surface area contributed by atoms with Gasteiger partial charge in [0.2, 0.25) is 15.9 Å². The highest BCUT2D eigenvalue weighted by atomic mass is 35.5. The summed E-state index contributed by atoms with van der Waals surface area (Å²) in [5.41, 5.74) is 1.01. The van der Waals surface area contributed by atoms with Crippen LogP contribution in [0.15, 0.2) is 71.6 Å². The molecule has 1 aliphatic rings. The molecule has 196 valence electrons. The Hall–Kier alpha value is -2.85. The van der Waals surface area contributed by atoms with Crippen molar-refractivity contribution in [2.75, 3.05) is 44.7 Å². The van der Waals surface area contributed by atoms with E-state index < -0.39 is 28.9 Å². The lowest BCUT2D eigenvalue weighted by molar-refractivity contribution is -0.131. The van der Waals surface area contributed by atoms with Gasteiger partial charge in [0.1, 0.15) is 11.6 Å². The first kappa shape index (κ1) is 27.2. The predicted octanol–water partition coefficient (Wildman–Crippen LogP) is 4.68. The van der Waals surface area contributed by atoms with Gasteiger partial charge in [0.15, 0.2) is 0 Å². The first-order chi connectivity index (χ1) is 17.7. The van der Waals surface area contributed by atoms with E-state index in [1.807, 2.05) is 24.3 Å². The molecule has 0 saturated carbocycles. The summed E-state index contributed by atoms with van der Waals surface area (Å²) in [5.74, 6) is -0.266. The summed E-state index contributed by atoms with van der Waals surface area (Å²) in [6.45, 7) is 1.15. The molecule has 0 aromatic heterocycles. The fourth-order valence-corrected chi connectivity index (χ4v) is 5.81. The molecular weight excluding hydrogens is 540 g/mol. The van der Waals surface area contributed by atoms with Crippen molar-refractivity contribution in [1.29, 1.82) is 0 Å². The Bertz CT molecular complexity index is 1330. The number of carbonyl (C=O) groups is 1. The number of nitrogens with zero attached hydrogens (tertiary/aromatic N) is 3. The maximum atomic E-state index is 14.6. The second-order valence-electron chi connectivity index (χ2n) is 8.49. The molecule has 0 spiro atoms. The monoisotopic (exact) mass is 565 g/mol. The molecule has 0 unspecified atom stereocenters. The topological polar surface area (TPSA) is 70.2 Å².